The molecule has 9 heteroatoms. The van der Waals surface area contributed by atoms with E-state index in [0.29, 0.717) is 32.4 Å². The summed E-state index contributed by atoms with van der Waals surface area (Å²) in [5.74, 6) is 0.757. The molecule has 0 aliphatic carbocycles. The summed E-state index contributed by atoms with van der Waals surface area (Å²) in [6.45, 7) is -0.229. The first-order chi connectivity index (χ1) is 12.5. The van der Waals surface area contributed by atoms with Crippen LogP contribution in [0.5, 0.6) is 17.2 Å². The molecule has 0 spiro atoms. The van der Waals surface area contributed by atoms with Crippen molar-refractivity contribution < 1.29 is 23.4 Å². The molecule has 0 radical (unpaired) electrons. The Morgan fingerprint density at radius 3 is 2.62 bits per heavy atom. The maximum absolute atomic E-state index is 13.1. The number of benzene rings is 2. The molecular formula is C17H14BrFN2O4S. The zero-order chi connectivity index (χ0) is 18.7. The SMILES string of the molecule is COc1cc2nc(NC(=O)COc3ccc(F)cc3Br)sc2cc1OC. The lowest BCUT2D eigenvalue weighted by Gasteiger charge is -2.07. The zero-order valence-corrected chi connectivity index (χ0v) is 16.2. The molecule has 0 bridgehead atoms. The standard InChI is InChI=1S/C17H14BrFN2O4S/c1-23-13-6-11-15(7-14(13)24-2)26-17(20-11)21-16(22)8-25-12-4-3-9(19)5-10(12)18/h3-7H,8H2,1-2H3,(H,20,21,22). The second-order valence-electron chi connectivity index (χ2n) is 5.11. The minimum atomic E-state index is -0.394. The smallest absolute Gasteiger partial charge is 0.264 e. The maximum atomic E-state index is 13.1. The summed E-state index contributed by atoms with van der Waals surface area (Å²) in [7, 11) is 3.10. The number of methoxy groups -OCH3 is 2. The minimum absolute atomic E-state index is 0.229. The first kappa shape index (κ1) is 18.4. The zero-order valence-electron chi connectivity index (χ0n) is 13.8. The topological polar surface area (TPSA) is 69.7 Å². The molecule has 1 heterocycles. The largest absolute Gasteiger partial charge is 0.493 e. The van der Waals surface area contributed by atoms with Crippen molar-refractivity contribution in [2.75, 3.05) is 26.1 Å². The number of halogens is 2. The third-order valence-electron chi connectivity index (χ3n) is 3.39. The Morgan fingerprint density at radius 2 is 1.92 bits per heavy atom. The maximum Gasteiger partial charge on any atom is 0.264 e. The summed E-state index contributed by atoms with van der Waals surface area (Å²) < 4.78 is 30.2. The Labute approximate surface area is 161 Å². The van der Waals surface area contributed by atoms with Crippen LogP contribution in [-0.2, 0) is 4.79 Å². The van der Waals surface area contributed by atoms with E-state index in [2.05, 4.69) is 26.2 Å². The lowest BCUT2D eigenvalue weighted by molar-refractivity contribution is -0.118. The molecule has 3 rings (SSSR count). The van der Waals surface area contributed by atoms with Crippen LogP contribution >= 0.6 is 27.3 Å². The summed E-state index contributed by atoms with van der Waals surface area (Å²) >= 11 is 4.49. The van der Waals surface area contributed by atoms with Gasteiger partial charge in [-0.05, 0) is 34.1 Å². The summed E-state index contributed by atoms with van der Waals surface area (Å²) in [4.78, 5) is 16.4. The Hall–Kier alpha value is -2.39. The van der Waals surface area contributed by atoms with Crippen LogP contribution in [0.3, 0.4) is 0 Å². The number of rotatable bonds is 6. The van der Waals surface area contributed by atoms with Crippen molar-refractivity contribution in [1.82, 2.24) is 4.98 Å². The molecule has 0 aliphatic rings. The first-order valence-corrected chi connectivity index (χ1v) is 9.01. The van der Waals surface area contributed by atoms with Crippen LogP contribution in [0.25, 0.3) is 10.2 Å². The van der Waals surface area contributed by atoms with E-state index in [9.17, 15) is 9.18 Å². The number of ether oxygens (including phenoxy) is 3. The number of hydrogen-bond acceptors (Lipinski definition) is 6. The lowest BCUT2D eigenvalue weighted by Crippen LogP contribution is -2.20. The number of carbonyl (C=O) groups excluding carboxylic acids is 1. The number of nitrogens with one attached hydrogen (secondary N) is 1. The predicted molar refractivity (Wildman–Crippen MR) is 101 cm³/mol. The summed E-state index contributed by atoms with van der Waals surface area (Å²) in [6.07, 6.45) is 0. The van der Waals surface area contributed by atoms with Crippen molar-refractivity contribution in [3.8, 4) is 17.2 Å². The van der Waals surface area contributed by atoms with Crippen LogP contribution in [0, 0.1) is 5.82 Å². The van der Waals surface area contributed by atoms with Gasteiger partial charge in [0.2, 0.25) is 0 Å². The van der Waals surface area contributed by atoms with Crippen LogP contribution in [0.15, 0.2) is 34.8 Å². The second kappa shape index (κ2) is 7.88. The van der Waals surface area contributed by atoms with Gasteiger partial charge in [0.15, 0.2) is 23.2 Å². The molecule has 1 amide bonds. The third kappa shape index (κ3) is 4.05. The molecule has 1 N–H and O–H groups in total. The van der Waals surface area contributed by atoms with Crippen LogP contribution in [0.1, 0.15) is 0 Å². The molecule has 0 fully saturated rings. The van der Waals surface area contributed by atoms with Crippen molar-refractivity contribution in [2.24, 2.45) is 0 Å². The average Bonchev–Trinajstić information content (AvgIpc) is 3.00. The molecule has 0 saturated carbocycles. The number of carbonyl (C=O) groups is 1. The minimum Gasteiger partial charge on any atom is -0.493 e. The molecule has 3 aromatic rings. The van der Waals surface area contributed by atoms with Crippen LogP contribution in [-0.4, -0.2) is 31.7 Å². The van der Waals surface area contributed by atoms with Gasteiger partial charge < -0.3 is 14.2 Å². The molecule has 0 saturated heterocycles. The monoisotopic (exact) mass is 440 g/mol. The summed E-state index contributed by atoms with van der Waals surface area (Å²) in [6, 6.07) is 7.51. The number of nitrogens with zero attached hydrogens (tertiary/aromatic N) is 1. The van der Waals surface area contributed by atoms with Crippen LogP contribution < -0.4 is 19.5 Å². The molecule has 136 valence electrons. The molecule has 2 aromatic carbocycles. The average molecular weight is 441 g/mol. The Kier molecular flexibility index (Phi) is 5.58. The van der Waals surface area contributed by atoms with E-state index in [-0.39, 0.29) is 12.5 Å². The van der Waals surface area contributed by atoms with Crippen molar-refractivity contribution in [3.63, 3.8) is 0 Å². The van der Waals surface area contributed by atoms with E-state index in [1.165, 1.54) is 29.5 Å². The first-order valence-electron chi connectivity index (χ1n) is 7.40. The van der Waals surface area contributed by atoms with Gasteiger partial charge in [-0.2, -0.15) is 0 Å². The second-order valence-corrected chi connectivity index (χ2v) is 6.99. The fourth-order valence-electron chi connectivity index (χ4n) is 2.20. The van der Waals surface area contributed by atoms with E-state index >= 15 is 0 Å². The molecular weight excluding hydrogens is 427 g/mol. The quantitative estimate of drug-likeness (QED) is 0.620. The van der Waals surface area contributed by atoms with Crippen LogP contribution in [0.4, 0.5) is 9.52 Å². The van der Waals surface area contributed by atoms with Gasteiger partial charge >= 0.3 is 0 Å². The molecule has 0 atom stereocenters. The van der Waals surface area contributed by atoms with Gasteiger partial charge in [-0.15, -0.1) is 0 Å². The van der Waals surface area contributed by atoms with Crippen LogP contribution in [0.2, 0.25) is 0 Å². The molecule has 26 heavy (non-hydrogen) atoms. The highest BCUT2D eigenvalue weighted by atomic mass is 79.9. The van der Waals surface area contributed by atoms with Crippen molar-refractivity contribution in [3.05, 3.63) is 40.6 Å². The Balaban J connectivity index is 1.69. The van der Waals surface area contributed by atoms with E-state index in [1.807, 2.05) is 0 Å². The summed E-state index contributed by atoms with van der Waals surface area (Å²) in [5.41, 5.74) is 0.685. The van der Waals surface area contributed by atoms with Crippen molar-refractivity contribution >= 4 is 48.5 Å². The van der Waals surface area contributed by atoms with E-state index in [1.54, 1.807) is 26.4 Å². The number of thiazole rings is 1. The summed E-state index contributed by atoms with van der Waals surface area (Å²) in [5, 5.41) is 3.11. The number of fused-ring (bicyclic) bond motifs is 1. The highest BCUT2D eigenvalue weighted by Gasteiger charge is 2.13. The molecule has 1 aromatic heterocycles. The lowest BCUT2D eigenvalue weighted by atomic mass is 10.3. The fraction of sp³-hybridized carbons (Fsp3) is 0.176. The van der Waals surface area contributed by atoms with E-state index in [4.69, 9.17) is 14.2 Å². The van der Waals surface area contributed by atoms with Gasteiger partial charge in [0.25, 0.3) is 5.91 Å². The van der Waals surface area contributed by atoms with Gasteiger partial charge in [0, 0.05) is 12.1 Å². The van der Waals surface area contributed by atoms with Gasteiger partial charge in [0.1, 0.15) is 11.6 Å². The predicted octanol–water partition coefficient (Wildman–Crippen LogP) is 4.23. The Bertz CT molecular complexity index is 922. The number of hydrogen-bond donors (Lipinski definition) is 1. The van der Waals surface area contributed by atoms with Crippen molar-refractivity contribution in [2.45, 2.75) is 0 Å². The number of aromatic nitrogens is 1. The highest BCUT2D eigenvalue weighted by Crippen LogP contribution is 2.36. The highest BCUT2D eigenvalue weighted by molar-refractivity contribution is 9.10. The third-order valence-corrected chi connectivity index (χ3v) is 4.95. The number of amides is 1. The fourth-order valence-corrected chi connectivity index (χ4v) is 3.56. The van der Waals surface area contributed by atoms with Crippen molar-refractivity contribution in [1.29, 1.82) is 0 Å². The van der Waals surface area contributed by atoms with Gasteiger partial charge in [-0.3, -0.25) is 10.1 Å². The number of anilines is 1. The molecule has 0 unspecified atom stereocenters. The van der Waals surface area contributed by atoms with E-state index < -0.39 is 5.82 Å². The van der Waals surface area contributed by atoms with Gasteiger partial charge in [-0.1, -0.05) is 11.3 Å². The normalized spacial score (nSPS) is 10.6. The van der Waals surface area contributed by atoms with E-state index in [0.717, 1.165) is 4.70 Å². The van der Waals surface area contributed by atoms with Gasteiger partial charge in [0.05, 0.1) is 28.9 Å². The Morgan fingerprint density at radius 1 is 1.19 bits per heavy atom. The van der Waals surface area contributed by atoms with Gasteiger partial charge in [-0.25, -0.2) is 9.37 Å². The molecule has 6 nitrogen and oxygen atoms in total. The molecule has 0 aliphatic heterocycles.